The van der Waals surface area contributed by atoms with Crippen LogP contribution < -0.4 is 4.90 Å². The van der Waals surface area contributed by atoms with Gasteiger partial charge in [0.25, 0.3) is 0 Å². The van der Waals surface area contributed by atoms with Crippen molar-refractivity contribution in [2.75, 3.05) is 11.4 Å². The molecule has 5 nitrogen and oxygen atoms in total. The lowest BCUT2D eigenvalue weighted by molar-refractivity contribution is -0.135. The number of thiophene rings is 1. The number of aromatic nitrogens is 2. The quantitative estimate of drug-likeness (QED) is 0.894. The van der Waals surface area contributed by atoms with E-state index in [2.05, 4.69) is 9.97 Å². The maximum atomic E-state index is 10.9. The van der Waals surface area contributed by atoms with E-state index in [4.69, 9.17) is 5.11 Å². The van der Waals surface area contributed by atoms with Gasteiger partial charge in [0.1, 0.15) is 23.5 Å². The lowest BCUT2D eigenvalue weighted by Crippen LogP contribution is -2.32. The number of carboxylic acids is 1. The summed E-state index contributed by atoms with van der Waals surface area (Å²) in [4.78, 5) is 22.1. The summed E-state index contributed by atoms with van der Waals surface area (Å²) in [6.45, 7) is 0.00657. The molecule has 0 atom stereocenters. The van der Waals surface area contributed by atoms with Crippen LogP contribution in [0.4, 0.5) is 5.82 Å². The van der Waals surface area contributed by atoms with Crippen LogP contribution in [0.15, 0.2) is 17.8 Å². The number of rotatable bonds is 4. The average Bonchev–Trinajstić information content (AvgIpc) is 3.02. The largest absolute Gasteiger partial charge is 0.480 e. The molecule has 1 aliphatic carbocycles. The molecule has 0 saturated heterocycles. The van der Waals surface area contributed by atoms with Crippen LogP contribution in [0.1, 0.15) is 12.8 Å². The van der Waals surface area contributed by atoms with Crippen molar-refractivity contribution >= 4 is 33.3 Å². The zero-order chi connectivity index (χ0) is 11.8. The van der Waals surface area contributed by atoms with Crippen LogP contribution in [0.5, 0.6) is 0 Å². The van der Waals surface area contributed by atoms with Gasteiger partial charge in [-0.3, -0.25) is 4.79 Å². The molecule has 0 aliphatic heterocycles. The second-order valence-electron chi connectivity index (χ2n) is 4.09. The Bertz CT molecular complexity index is 565. The van der Waals surface area contributed by atoms with E-state index in [1.165, 1.54) is 6.33 Å². The lowest BCUT2D eigenvalue weighted by atomic mass is 10.3. The maximum Gasteiger partial charge on any atom is 0.323 e. The number of nitrogens with zero attached hydrogens (tertiary/aromatic N) is 3. The first-order valence-corrected chi connectivity index (χ1v) is 6.30. The van der Waals surface area contributed by atoms with Crippen LogP contribution in [-0.4, -0.2) is 33.6 Å². The normalized spacial score (nSPS) is 15.1. The molecule has 0 bridgehead atoms. The summed E-state index contributed by atoms with van der Waals surface area (Å²) in [5.41, 5.74) is 0. The second-order valence-corrected chi connectivity index (χ2v) is 4.98. The third-order valence-corrected chi connectivity index (χ3v) is 3.63. The van der Waals surface area contributed by atoms with Crippen molar-refractivity contribution in [3.05, 3.63) is 17.8 Å². The van der Waals surface area contributed by atoms with Crippen molar-refractivity contribution in [1.29, 1.82) is 0 Å². The monoisotopic (exact) mass is 249 g/mol. The molecule has 0 amide bonds. The first-order chi connectivity index (χ1) is 8.25. The molecule has 2 aromatic heterocycles. The first kappa shape index (κ1) is 10.5. The van der Waals surface area contributed by atoms with Gasteiger partial charge in [0.2, 0.25) is 0 Å². The van der Waals surface area contributed by atoms with Gasteiger partial charge in [-0.05, 0) is 24.3 Å². The van der Waals surface area contributed by atoms with Gasteiger partial charge in [0.05, 0.1) is 5.39 Å². The Morgan fingerprint density at radius 1 is 1.53 bits per heavy atom. The number of anilines is 1. The Morgan fingerprint density at radius 3 is 3.06 bits per heavy atom. The average molecular weight is 249 g/mol. The molecule has 0 spiro atoms. The van der Waals surface area contributed by atoms with Crippen LogP contribution in [0.2, 0.25) is 0 Å². The minimum Gasteiger partial charge on any atom is -0.480 e. The van der Waals surface area contributed by atoms with Crippen LogP contribution >= 0.6 is 11.3 Å². The van der Waals surface area contributed by atoms with E-state index in [0.717, 1.165) is 28.9 Å². The van der Waals surface area contributed by atoms with Crippen molar-refractivity contribution < 1.29 is 9.90 Å². The molecule has 1 N–H and O–H groups in total. The van der Waals surface area contributed by atoms with Crippen LogP contribution in [0, 0.1) is 0 Å². The fourth-order valence-electron chi connectivity index (χ4n) is 1.91. The molecule has 1 aliphatic rings. The molecular formula is C11H11N3O2S. The number of aliphatic carboxylic acids is 1. The zero-order valence-corrected chi connectivity index (χ0v) is 9.85. The number of carbonyl (C=O) groups is 1. The standard InChI is InChI=1S/C11H11N3O2S/c15-9(16)5-14(7-1-2-7)10-8-3-4-17-11(8)13-6-12-10/h3-4,6-7H,1-2,5H2,(H,15,16). The van der Waals surface area contributed by atoms with Gasteiger partial charge in [-0.1, -0.05) is 0 Å². The van der Waals surface area contributed by atoms with Crippen molar-refractivity contribution in [1.82, 2.24) is 9.97 Å². The van der Waals surface area contributed by atoms with Crippen molar-refractivity contribution in [3.8, 4) is 0 Å². The van der Waals surface area contributed by atoms with Gasteiger partial charge >= 0.3 is 5.97 Å². The molecular weight excluding hydrogens is 238 g/mol. The summed E-state index contributed by atoms with van der Waals surface area (Å²) in [6, 6.07) is 2.27. The summed E-state index contributed by atoms with van der Waals surface area (Å²) in [7, 11) is 0. The summed E-state index contributed by atoms with van der Waals surface area (Å²) in [6.07, 6.45) is 3.59. The van der Waals surface area contributed by atoms with E-state index in [9.17, 15) is 4.79 Å². The van der Waals surface area contributed by atoms with Crippen LogP contribution in [-0.2, 0) is 4.79 Å². The van der Waals surface area contributed by atoms with Crippen molar-refractivity contribution in [2.45, 2.75) is 18.9 Å². The minimum atomic E-state index is -0.820. The molecule has 17 heavy (non-hydrogen) atoms. The molecule has 1 saturated carbocycles. The van der Waals surface area contributed by atoms with E-state index in [-0.39, 0.29) is 6.54 Å². The fraction of sp³-hybridized carbons (Fsp3) is 0.364. The Labute approximate surface area is 102 Å². The highest BCUT2D eigenvalue weighted by Crippen LogP contribution is 2.34. The fourth-order valence-corrected chi connectivity index (χ4v) is 2.64. The molecule has 88 valence electrons. The van der Waals surface area contributed by atoms with Crippen LogP contribution in [0.3, 0.4) is 0 Å². The molecule has 2 heterocycles. The van der Waals surface area contributed by atoms with Gasteiger partial charge in [-0.2, -0.15) is 0 Å². The van der Waals surface area contributed by atoms with Gasteiger partial charge in [0, 0.05) is 6.04 Å². The molecule has 0 unspecified atom stereocenters. The van der Waals surface area contributed by atoms with Crippen LogP contribution in [0.25, 0.3) is 10.2 Å². The minimum absolute atomic E-state index is 0.00657. The summed E-state index contributed by atoms with van der Waals surface area (Å²) in [5, 5.41) is 11.9. The Balaban J connectivity index is 2.04. The Morgan fingerprint density at radius 2 is 2.35 bits per heavy atom. The highest BCUT2D eigenvalue weighted by molar-refractivity contribution is 7.16. The number of fused-ring (bicyclic) bond motifs is 1. The topological polar surface area (TPSA) is 66.3 Å². The van der Waals surface area contributed by atoms with E-state index in [1.54, 1.807) is 11.3 Å². The smallest absolute Gasteiger partial charge is 0.323 e. The highest BCUT2D eigenvalue weighted by Gasteiger charge is 2.32. The van der Waals surface area contributed by atoms with E-state index in [0.29, 0.717) is 6.04 Å². The predicted molar refractivity (Wildman–Crippen MR) is 65.4 cm³/mol. The molecule has 0 radical (unpaired) electrons. The molecule has 2 aromatic rings. The second kappa shape index (κ2) is 3.96. The SMILES string of the molecule is O=C(O)CN(c1ncnc2sccc12)C1CC1. The van der Waals surface area contributed by atoms with Gasteiger partial charge in [-0.15, -0.1) is 11.3 Å². The zero-order valence-electron chi connectivity index (χ0n) is 9.04. The number of carboxylic acid groups (broad SMARTS) is 1. The highest BCUT2D eigenvalue weighted by atomic mass is 32.1. The van der Waals surface area contributed by atoms with Gasteiger partial charge in [-0.25, -0.2) is 9.97 Å². The summed E-state index contributed by atoms with van der Waals surface area (Å²) < 4.78 is 0. The maximum absolute atomic E-state index is 10.9. The van der Waals surface area contributed by atoms with Gasteiger partial charge < -0.3 is 10.0 Å². The predicted octanol–water partition coefficient (Wildman–Crippen LogP) is 1.74. The van der Waals surface area contributed by atoms with Gasteiger partial charge in [0.15, 0.2) is 0 Å². The molecule has 0 aromatic carbocycles. The van der Waals surface area contributed by atoms with E-state index < -0.39 is 5.97 Å². The van der Waals surface area contributed by atoms with E-state index >= 15 is 0 Å². The summed E-state index contributed by atoms with van der Waals surface area (Å²) in [5.74, 6) is -0.0694. The third kappa shape index (κ3) is 1.95. The molecule has 1 fully saturated rings. The van der Waals surface area contributed by atoms with E-state index in [1.807, 2.05) is 16.3 Å². The Kier molecular flexibility index (Phi) is 2.44. The van der Waals surface area contributed by atoms with Crippen molar-refractivity contribution in [2.24, 2.45) is 0 Å². The third-order valence-electron chi connectivity index (χ3n) is 2.81. The molecule has 6 heteroatoms. The lowest BCUT2D eigenvalue weighted by Gasteiger charge is -2.21. The Hall–Kier alpha value is -1.69. The first-order valence-electron chi connectivity index (χ1n) is 5.42. The molecule has 3 rings (SSSR count). The van der Waals surface area contributed by atoms with Crippen molar-refractivity contribution in [3.63, 3.8) is 0 Å². The number of hydrogen-bond acceptors (Lipinski definition) is 5. The summed E-state index contributed by atoms with van der Waals surface area (Å²) >= 11 is 1.54. The number of hydrogen-bond donors (Lipinski definition) is 1.